The lowest BCUT2D eigenvalue weighted by Gasteiger charge is -2.15. The van der Waals surface area contributed by atoms with Crippen LogP contribution in [-0.2, 0) is 0 Å². The topological polar surface area (TPSA) is 52.0 Å². The van der Waals surface area contributed by atoms with Gasteiger partial charge in [0.15, 0.2) is 0 Å². The molecule has 0 spiro atoms. The van der Waals surface area contributed by atoms with Crippen LogP contribution < -0.4 is 11.5 Å². The minimum atomic E-state index is -0.254. The van der Waals surface area contributed by atoms with Gasteiger partial charge in [0.2, 0.25) is 0 Å². The van der Waals surface area contributed by atoms with Crippen molar-refractivity contribution in [2.45, 2.75) is 19.0 Å². The second-order valence-corrected chi connectivity index (χ2v) is 2.94. The van der Waals surface area contributed by atoms with Crippen LogP contribution in [0.3, 0.4) is 0 Å². The first kappa shape index (κ1) is 9.16. The van der Waals surface area contributed by atoms with E-state index in [-0.39, 0.29) is 17.9 Å². The number of halogens is 1. The molecule has 0 aromatic heterocycles. The summed E-state index contributed by atoms with van der Waals surface area (Å²) >= 11 is 0. The van der Waals surface area contributed by atoms with Crippen LogP contribution in [-0.4, -0.2) is 6.04 Å². The highest BCUT2D eigenvalue weighted by molar-refractivity contribution is 5.20. The molecule has 0 fully saturated rings. The Hall–Kier alpha value is -0.930. The fourth-order valence-electron chi connectivity index (χ4n) is 0.989. The molecule has 0 unspecified atom stereocenters. The zero-order valence-electron chi connectivity index (χ0n) is 7.00. The van der Waals surface area contributed by atoms with E-state index in [1.807, 2.05) is 6.92 Å². The molecule has 0 aliphatic carbocycles. The van der Waals surface area contributed by atoms with Crippen molar-refractivity contribution in [3.8, 4) is 0 Å². The molecule has 0 heterocycles. The van der Waals surface area contributed by atoms with Crippen molar-refractivity contribution in [1.82, 2.24) is 0 Å². The van der Waals surface area contributed by atoms with Gasteiger partial charge in [-0.1, -0.05) is 12.1 Å². The number of hydrogen-bond donors (Lipinski definition) is 2. The Morgan fingerprint density at radius 1 is 1.17 bits per heavy atom. The molecule has 4 N–H and O–H groups in total. The quantitative estimate of drug-likeness (QED) is 0.696. The standard InChI is InChI=1S/C9H13FN2/c1-6(11)9(12)7-2-4-8(10)5-3-7/h2-6,9H,11-12H2,1H3/t6-,9-/m0/s1. The van der Waals surface area contributed by atoms with Gasteiger partial charge in [-0.2, -0.15) is 0 Å². The van der Waals surface area contributed by atoms with Crippen molar-refractivity contribution in [3.63, 3.8) is 0 Å². The lowest BCUT2D eigenvalue weighted by molar-refractivity contribution is 0.584. The highest BCUT2D eigenvalue weighted by Crippen LogP contribution is 2.12. The molecular formula is C9H13FN2. The predicted molar refractivity (Wildman–Crippen MR) is 47.0 cm³/mol. The van der Waals surface area contributed by atoms with Crippen LogP contribution in [0.1, 0.15) is 18.5 Å². The van der Waals surface area contributed by atoms with Crippen molar-refractivity contribution in [2.24, 2.45) is 11.5 Å². The van der Waals surface area contributed by atoms with Crippen LogP contribution in [0.15, 0.2) is 24.3 Å². The second kappa shape index (κ2) is 3.65. The number of hydrogen-bond acceptors (Lipinski definition) is 2. The van der Waals surface area contributed by atoms with E-state index < -0.39 is 0 Å². The summed E-state index contributed by atoms with van der Waals surface area (Å²) in [6, 6.07) is 5.75. The largest absolute Gasteiger partial charge is 0.326 e. The van der Waals surface area contributed by atoms with Crippen LogP contribution in [0, 0.1) is 5.82 Å². The zero-order chi connectivity index (χ0) is 9.14. The van der Waals surface area contributed by atoms with Gasteiger partial charge in [0, 0.05) is 12.1 Å². The molecule has 2 nitrogen and oxygen atoms in total. The van der Waals surface area contributed by atoms with Crippen LogP contribution in [0.2, 0.25) is 0 Å². The Kier molecular flexibility index (Phi) is 2.78. The van der Waals surface area contributed by atoms with E-state index in [1.165, 1.54) is 12.1 Å². The van der Waals surface area contributed by atoms with E-state index >= 15 is 0 Å². The third kappa shape index (κ3) is 2.03. The van der Waals surface area contributed by atoms with Crippen molar-refractivity contribution >= 4 is 0 Å². The fraction of sp³-hybridized carbons (Fsp3) is 0.333. The third-order valence-corrected chi connectivity index (χ3v) is 1.82. The van der Waals surface area contributed by atoms with Gasteiger partial charge in [-0.25, -0.2) is 4.39 Å². The molecule has 3 heteroatoms. The average molecular weight is 168 g/mol. The molecule has 0 bridgehead atoms. The molecule has 1 rings (SSSR count). The molecule has 12 heavy (non-hydrogen) atoms. The maximum atomic E-state index is 12.5. The van der Waals surface area contributed by atoms with Crippen LogP contribution >= 0.6 is 0 Å². The van der Waals surface area contributed by atoms with Gasteiger partial charge >= 0.3 is 0 Å². The summed E-state index contributed by atoms with van der Waals surface area (Å²) in [6.45, 7) is 1.83. The summed E-state index contributed by atoms with van der Waals surface area (Å²) < 4.78 is 12.5. The molecule has 0 aliphatic heterocycles. The van der Waals surface area contributed by atoms with Gasteiger partial charge in [-0.3, -0.25) is 0 Å². The van der Waals surface area contributed by atoms with E-state index in [4.69, 9.17) is 11.5 Å². The lowest BCUT2D eigenvalue weighted by Crippen LogP contribution is -2.30. The summed E-state index contributed by atoms with van der Waals surface area (Å²) in [6.07, 6.45) is 0. The highest BCUT2D eigenvalue weighted by Gasteiger charge is 2.09. The Bertz CT molecular complexity index is 243. The zero-order valence-corrected chi connectivity index (χ0v) is 7.00. The van der Waals surface area contributed by atoms with Crippen molar-refractivity contribution in [2.75, 3.05) is 0 Å². The molecular weight excluding hydrogens is 155 g/mol. The maximum Gasteiger partial charge on any atom is 0.123 e. The van der Waals surface area contributed by atoms with Gasteiger partial charge in [0.1, 0.15) is 5.82 Å². The summed E-state index contributed by atoms with van der Waals surface area (Å²) in [5, 5.41) is 0. The molecule has 66 valence electrons. The van der Waals surface area contributed by atoms with Gasteiger partial charge < -0.3 is 11.5 Å². The summed E-state index contributed by atoms with van der Waals surface area (Å²) in [7, 11) is 0. The van der Waals surface area contributed by atoms with Gasteiger partial charge in [0.05, 0.1) is 0 Å². The summed E-state index contributed by atoms with van der Waals surface area (Å²) in [5.41, 5.74) is 12.2. The Morgan fingerprint density at radius 2 is 1.67 bits per heavy atom. The van der Waals surface area contributed by atoms with Gasteiger partial charge in [-0.15, -0.1) is 0 Å². The molecule has 0 radical (unpaired) electrons. The highest BCUT2D eigenvalue weighted by atomic mass is 19.1. The number of benzene rings is 1. The number of rotatable bonds is 2. The molecule has 0 aliphatic rings. The minimum absolute atomic E-state index is 0.115. The first-order valence-corrected chi connectivity index (χ1v) is 3.88. The predicted octanol–water partition coefficient (Wildman–Crippen LogP) is 1.17. The van der Waals surface area contributed by atoms with E-state index in [9.17, 15) is 4.39 Å². The van der Waals surface area contributed by atoms with Gasteiger partial charge in [0.25, 0.3) is 0 Å². The normalized spacial score (nSPS) is 15.7. The Morgan fingerprint density at radius 3 is 2.08 bits per heavy atom. The van der Waals surface area contributed by atoms with E-state index in [0.717, 1.165) is 5.56 Å². The van der Waals surface area contributed by atoms with E-state index in [2.05, 4.69) is 0 Å². The van der Waals surface area contributed by atoms with Gasteiger partial charge in [-0.05, 0) is 24.6 Å². The van der Waals surface area contributed by atoms with E-state index in [1.54, 1.807) is 12.1 Å². The molecule has 0 amide bonds. The smallest absolute Gasteiger partial charge is 0.123 e. The summed E-state index contributed by atoms with van der Waals surface area (Å²) in [4.78, 5) is 0. The van der Waals surface area contributed by atoms with E-state index in [0.29, 0.717) is 0 Å². The Balaban J connectivity index is 2.82. The SMILES string of the molecule is C[C@H](N)[C@H](N)c1ccc(F)cc1. The monoisotopic (exact) mass is 168 g/mol. The summed E-state index contributed by atoms with van der Waals surface area (Å²) in [5.74, 6) is -0.254. The first-order chi connectivity index (χ1) is 5.61. The third-order valence-electron chi connectivity index (χ3n) is 1.82. The lowest BCUT2D eigenvalue weighted by atomic mass is 10.0. The van der Waals surface area contributed by atoms with Crippen molar-refractivity contribution in [1.29, 1.82) is 0 Å². The maximum absolute atomic E-state index is 12.5. The first-order valence-electron chi connectivity index (χ1n) is 3.88. The average Bonchev–Trinajstić information content (AvgIpc) is 2.04. The Labute approximate surface area is 71.4 Å². The van der Waals surface area contributed by atoms with Crippen molar-refractivity contribution in [3.05, 3.63) is 35.6 Å². The fourth-order valence-corrected chi connectivity index (χ4v) is 0.989. The minimum Gasteiger partial charge on any atom is -0.326 e. The van der Waals surface area contributed by atoms with Crippen LogP contribution in [0.5, 0.6) is 0 Å². The van der Waals surface area contributed by atoms with Crippen LogP contribution in [0.25, 0.3) is 0 Å². The molecule has 1 aromatic rings. The van der Waals surface area contributed by atoms with Crippen molar-refractivity contribution < 1.29 is 4.39 Å². The molecule has 1 aromatic carbocycles. The second-order valence-electron chi connectivity index (χ2n) is 2.94. The number of nitrogens with two attached hydrogens (primary N) is 2. The molecule has 2 atom stereocenters. The molecule has 0 saturated heterocycles. The van der Waals surface area contributed by atoms with Crippen LogP contribution in [0.4, 0.5) is 4.39 Å². The molecule has 0 saturated carbocycles.